The Hall–Kier alpha value is -0.760. The number of thioether (sulfide) groups is 1. The third kappa shape index (κ3) is 3.35. The summed E-state index contributed by atoms with van der Waals surface area (Å²) in [5, 5.41) is 0. The second-order valence-electron chi connectivity index (χ2n) is 4.92. The zero-order valence-electron chi connectivity index (χ0n) is 10.4. The monoisotopic (exact) mass is 250 g/mol. The summed E-state index contributed by atoms with van der Waals surface area (Å²) >= 11 is 1.89. The average molecular weight is 250 g/mol. The van der Waals surface area contributed by atoms with Crippen LogP contribution in [-0.2, 0) is 0 Å². The predicted molar refractivity (Wildman–Crippen MR) is 74.8 cm³/mol. The number of hydrogen-bond acceptors (Lipinski definition) is 1. The minimum atomic E-state index is -0.825. The Balaban J connectivity index is 2.07. The molecule has 0 saturated heterocycles. The zero-order chi connectivity index (χ0) is 12.3. The molecule has 1 aliphatic rings. The van der Waals surface area contributed by atoms with Crippen LogP contribution < -0.4 is 0 Å². The maximum Gasteiger partial charge on any atom is 0.125 e. The first-order valence-electron chi connectivity index (χ1n) is 6.24. The van der Waals surface area contributed by atoms with Crippen molar-refractivity contribution in [1.29, 1.82) is 0 Å². The minimum Gasteiger partial charge on any atom is -0.242 e. The van der Waals surface area contributed by atoms with Crippen LogP contribution in [0.4, 0.5) is 4.39 Å². The van der Waals surface area contributed by atoms with E-state index in [1.54, 1.807) is 0 Å². The molecule has 0 N–H and O–H groups in total. The van der Waals surface area contributed by atoms with Crippen LogP contribution in [0.5, 0.6) is 0 Å². The zero-order valence-corrected chi connectivity index (χ0v) is 11.3. The normalized spacial score (nSPS) is 17.3. The molecule has 1 aromatic rings. The van der Waals surface area contributed by atoms with Gasteiger partial charge >= 0.3 is 0 Å². The van der Waals surface area contributed by atoms with Gasteiger partial charge in [-0.1, -0.05) is 44.2 Å². The largest absolute Gasteiger partial charge is 0.242 e. The lowest BCUT2D eigenvalue weighted by Crippen LogP contribution is -1.97. The smallest absolute Gasteiger partial charge is 0.125 e. The second-order valence-corrected chi connectivity index (χ2v) is 6.06. The molecule has 0 saturated carbocycles. The van der Waals surface area contributed by atoms with Gasteiger partial charge in [0.25, 0.3) is 0 Å². The Bertz CT molecular complexity index is 392. The lowest BCUT2D eigenvalue weighted by molar-refractivity contribution is 0.289. The lowest BCUT2D eigenvalue weighted by atomic mass is 10.00. The second kappa shape index (κ2) is 5.72. The summed E-state index contributed by atoms with van der Waals surface area (Å²) in [4.78, 5) is 1.34. The van der Waals surface area contributed by atoms with E-state index in [1.807, 2.05) is 36.0 Å². The van der Waals surface area contributed by atoms with Crippen molar-refractivity contribution in [3.63, 3.8) is 0 Å². The van der Waals surface area contributed by atoms with Crippen LogP contribution in [0.15, 0.2) is 30.3 Å². The molecule has 17 heavy (non-hydrogen) atoms. The molecular formula is C15H19FS. The molecule has 0 bridgehead atoms. The predicted octanol–water partition coefficient (Wildman–Crippen LogP) is 5.22. The summed E-state index contributed by atoms with van der Waals surface area (Å²) in [6.07, 6.45) is 3.20. The minimum absolute atomic E-state index is 0.401. The van der Waals surface area contributed by atoms with Gasteiger partial charge in [0.2, 0.25) is 0 Å². The van der Waals surface area contributed by atoms with E-state index in [1.165, 1.54) is 16.2 Å². The Morgan fingerprint density at radius 1 is 1.24 bits per heavy atom. The fourth-order valence-corrected chi connectivity index (χ4v) is 3.02. The van der Waals surface area contributed by atoms with Crippen LogP contribution in [0.1, 0.15) is 44.0 Å². The van der Waals surface area contributed by atoms with Gasteiger partial charge in [0.05, 0.1) is 0 Å². The molecular weight excluding hydrogens is 231 g/mol. The molecule has 1 atom stereocenters. The Morgan fingerprint density at radius 3 is 2.47 bits per heavy atom. The highest BCUT2D eigenvalue weighted by atomic mass is 32.2. The van der Waals surface area contributed by atoms with Gasteiger partial charge in [0.15, 0.2) is 0 Å². The molecule has 0 aromatic heterocycles. The van der Waals surface area contributed by atoms with Gasteiger partial charge < -0.3 is 0 Å². The van der Waals surface area contributed by atoms with Gasteiger partial charge in [-0.15, -0.1) is 11.8 Å². The molecule has 1 aliphatic heterocycles. The average Bonchev–Trinajstić information content (AvgIpc) is 2.82. The van der Waals surface area contributed by atoms with Gasteiger partial charge in [-0.3, -0.25) is 0 Å². The maximum atomic E-state index is 13.9. The fraction of sp³-hybridized carbons (Fsp3) is 0.467. The highest BCUT2D eigenvalue weighted by molar-refractivity contribution is 8.08. The van der Waals surface area contributed by atoms with Crippen molar-refractivity contribution >= 4 is 16.7 Å². The van der Waals surface area contributed by atoms with Crippen LogP contribution in [0.3, 0.4) is 0 Å². The van der Waals surface area contributed by atoms with Crippen molar-refractivity contribution in [2.24, 2.45) is 5.92 Å². The lowest BCUT2D eigenvalue weighted by Gasteiger charge is -2.11. The SMILES string of the molecule is CC(C)CC(F)c1ccc(C2=CCCS2)cc1. The number of halogens is 1. The van der Waals surface area contributed by atoms with Gasteiger partial charge in [-0.25, -0.2) is 4.39 Å². The van der Waals surface area contributed by atoms with Gasteiger partial charge in [-0.05, 0) is 29.9 Å². The van der Waals surface area contributed by atoms with Crippen molar-refractivity contribution in [2.75, 3.05) is 5.75 Å². The molecule has 0 amide bonds. The summed E-state index contributed by atoms with van der Waals surface area (Å²) in [6, 6.07) is 7.96. The van der Waals surface area contributed by atoms with E-state index in [2.05, 4.69) is 19.9 Å². The third-order valence-electron chi connectivity index (χ3n) is 2.94. The highest BCUT2D eigenvalue weighted by Crippen LogP contribution is 2.34. The molecule has 1 aromatic carbocycles. The molecule has 1 heterocycles. The Kier molecular flexibility index (Phi) is 4.27. The van der Waals surface area contributed by atoms with Crippen LogP contribution in [-0.4, -0.2) is 5.75 Å². The van der Waals surface area contributed by atoms with Crippen LogP contribution >= 0.6 is 11.8 Å². The molecule has 0 spiro atoms. The number of allylic oxidation sites excluding steroid dienone is 1. The van der Waals surface area contributed by atoms with E-state index in [0.29, 0.717) is 12.3 Å². The van der Waals surface area contributed by atoms with Gasteiger partial charge in [-0.2, -0.15) is 0 Å². The van der Waals surface area contributed by atoms with Gasteiger partial charge in [0.1, 0.15) is 6.17 Å². The summed E-state index contributed by atoms with van der Waals surface area (Å²) in [5.41, 5.74) is 2.04. The summed E-state index contributed by atoms with van der Waals surface area (Å²) in [7, 11) is 0. The Labute approximate surface area is 107 Å². The standard InChI is InChI=1S/C15H19FS/c1-11(2)10-14(16)12-5-7-13(8-6-12)15-4-3-9-17-15/h4-8,11,14H,3,9-10H2,1-2H3. The number of rotatable bonds is 4. The van der Waals surface area contributed by atoms with Crippen molar-refractivity contribution < 1.29 is 4.39 Å². The molecule has 2 rings (SSSR count). The first kappa shape index (κ1) is 12.7. The molecule has 1 unspecified atom stereocenters. The number of hydrogen-bond donors (Lipinski definition) is 0. The Morgan fingerprint density at radius 2 is 1.94 bits per heavy atom. The summed E-state index contributed by atoms with van der Waals surface area (Å²) in [5.74, 6) is 1.58. The van der Waals surface area contributed by atoms with E-state index in [0.717, 1.165) is 12.0 Å². The van der Waals surface area contributed by atoms with Crippen LogP contribution in [0.2, 0.25) is 0 Å². The van der Waals surface area contributed by atoms with Crippen molar-refractivity contribution in [1.82, 2.24) is 0 Å². The van der Waals surface area contributed by atoms with Gasteiger partial charge in [0, 0.05) is 10.7 Å². The van der Waals surface area contributed by atoms with Crippen LogP contribution in [0, 0.1) is 5.92 Å². The van der Waals surface area contributed by atoms with E-state index in [4.69, 9.17) is 0 Å². The topological polar surface area (TPSA) is 0 Å². The molecule has 0 radical (unpaired) electrons. The maximum absolute atomic E-state index is 13.9. The van der Waals surface area contributed by atoms with Crippen molar-refractivity contribution in [2.45, 2.75) is 32.9 Å². The molecule has 0 aliphatic carbocycles. The third-order valence-corrected chi connectivity index (χ3v) is 4.09. The van der Waals surface area contributed by atoms with E-state index < -0.39 is 6.17 Å². The number of benzene rings is 1. The van der Waals surface area contributed by atoms with E-state index in [9.17, 15) is 4.39 Å². The van der Waals surface area contributed by atoms with Crippen molar-refractivity contribution in [3.05, 3.63) is 41.5 Å². The summed E-state index contributed by atoms with van der Waals surface area (Å²) in [6.45, 7) is 4.11. The highest BCUT2D eigenvalue weighted by Gasteiger charge is 2.13. The molecule has 2 heteroatoms. The fourth-order valence-electron chi connectivity index (χ4n) is 2.03. The van der Waals surface area contributed by atoms with E-state index in [-0.39, 0.29) is 0 Å². The first-order valence-corrected chi connectivity index (χ1v) is 7.22. The quantitative estimate of drug-likeness (QED) is 0.706. The first-order chi connectivity index (χ1) is 8.16. The molecule has 92 valence electrons. The van der Waals surface area contributed by atoms with Crippen molar-refractivity contribution in [3.8, 4) is 0 Å². The van der Waals surface area contributed by atoms with E-state index >= 15 is 0 Å². The molecule has 0 nitrogen and oxygen atoms in total. The molecule has 0 fully saturated rings. The number of alkyl halides is 1. The van der Waals surface area contributed by atoms with Crippen LogP contribution in [0.25, 0.3) is 4.91 Å². The summed E-state index contributed by atoms with van der Waals surface area (Å²) < 4.78 is 13.9.